The molecule has 0 aliphatic carbocycles. The zero-order valence-electron chi connectivity index (χ0n) is 14.7. The normalized spacial score (nSPS) is 16.7. The first-order valence-electron chi connectivity index (χ1n) is 8.71. The lowest BCUT2D eigenvalue weighted by Crippen LogP contribution is -2.31. The summed E-state index contributed by atoms with van der Waals surface area (Å²) >= 11 is 6.17. The van der Waals surface area contributed by atoms with Crippen molar-refractivity contribution >= 4 is 17.5 Å². The zero-order chi connectivity index (χ0) is 19.0. The van der Waals surface area contributed by atoms with Crippen molar-refractivity contribution < 1.29 is 13.7 Å². The number of hydrogen-bond donors (Lipinski definition) is 0. The van der Waals surface area contributed by atoms with Crippen LogP contribution in [-0.2, 0) is 0 Å². The molecule has 1 aliphatic heterocycles. The van der Waals surface area contributed by atoms with Crippen molar-refractivity contribution in [3.63, 3.8) is 0 Å². The van der Waals surface area contributed by atoms with Crippen LogP contribution < -0.4 is 0 Å². The number of halogens is 2. The maximum absolute atomic E-state index is 14.0. The molecular weight excluding hydrogens is 369 g/mol. The smallest absolute Gasteiger partial charge is 0.257 e. The van der Waals surface area contributed by atoms with Gasteiger partial charge in [-0.2, -0.15) is 4.98 Å². The van der Waals surface area contributed by atoms with E-state index in [9.17, 15) is 9.18 Å². The van der Waals surface area contributed by atoms with E-state index in [0.29, 0.717) is 29.7 Å². The number of benzene rings is 2. The molecule has 2 heterocycles. The van der Waals surface area contributed by atoms with Gasteiger partial charge in [-0.1, -0.05) is 41.0 Å². The van der Waals surface area contributed by atoms with Crippen LogP contribution in [0.1, 0.15) is 40.7 Å². The Labute approximate surface area is 160 Å². The number of amides is 1. The molecule has 7 heteroatoms. The summed E-state index contributed by atoms with van der Waals surface area (Å²) < 4.78 is 19.5. The minimum atomic E-state index is -0.533. The number of aromatic nitrogens is 2. The lowest BCUT2D eigenvalue weighted by molar-refractivity contribution is 0.0705. The minimum absolute atomic E-state index is 0.0508. The van der Waals surface area contributed by atoms with E-state index < -0.39 is 5.82 Å². The molecule has 0 unspecified atom stereocenters. The van der Waals surface area contributed by atoms with Crippen LogP contribution in [0.25, 0.3) is 11.4 Å². The molecule has 1 aliphatic rings. The average molecular weight is 386 g/mol. The highest BCUT2D eigenvalue weighted by molar-refractivity contribution is 6.31. The zero-order valence-corrected chi connectivity index (χ0v) is 15.4. The van der Waals surface area contributed by atoms with E-state index in [1.54, 1.807) is 23.1 Å². The SMILES string of the molecule is Cc1c(Cl)cccc1-c1noc([C@@H]2CCCN2C(=O)c2ccccc2F)n1. The van der Waals surface area contributed by atoms with Gasteiger partial charge in [0.1, 0.15) is 11.9 Å². The molecule has 3 aromatic rings. The summed E-state index contributed by atoms with van der Waals surface area (Å²) in [5.74, 6) is -0.120. The number of carbonyl (C=O) groups is 1. The van der Waals surface area contributed by atoms with Crippen molar-refractivity contribution in [1.29, 1.82) is 0 Å². The summed E-state index contributed by atoms with van der Waals surface area (Å²) in [6.45, 7) is 2.41. The van der Waals surface area contributed by atoms with Crippen LogP contribution in [0.2, 0.25) is 5.02 Å². The molecule has 0 saturated carbocycles. The molecule has 5 nitrogen and oxygen atoms in total. The Bertz CT molecular complexity index is 1000. The van der Waals surface area contributed by atoms with Gasteiger partial charge in [0.2, 0.25) is 11.7 Å². The first-order valence-corrected chi connectivity index (χ1v) is 9.08. The van der Waals surface area contributed by atoms with Gasteiger partial charge < -0.3 is 9.42 Å². The molecule has 1 amide bonds. The number of carbonyl (C=O) groups excluding carboxylic acids is 1. The Balaban J connectivity index is 1.64. The van der Waals surface area contributed by atoms with E-state index >= 15 is 0 Å². The predicted octanol–water partition coefficient (Wildman–Crippen LogP) is 4.81. The van der Waals surface area contributed by atoms with Crippen LogP contribution in [0, 0.1) is 12.7 Å². The Hall–Kier alpha value is -2.73. The molecule has 1 saturated heterocycles. The second-order valence-electron chi connectivity index (χ2n) is 6.51. The van der Waals surface area contributed by atoms with Gasteiger partial charge >= 0.3 is 0 Å². The Morgan fingerprint density at radius 2 is 2.07 bits per heavy atom. The fraction of sp³-hybridized carbons (Fsp3) is 0.250. The van der Waals surface area contributed by atoms with Gasteiger partial charge in [0, 0.05) is 17.1 Å². The van der Waals surface area contributed by atoms with Crippen molar-refractivity contribution in [2.24, 2.45) is 0 Å². The van der Waals surface area contributed by atoms with Gasteiger partial charge in [-0.05, 0) is 43.5 Å². The average Bonchev–Trinajstić information content (AvgIpc) is 3.33. The first-order chi connectivity index (χ1) is 13.1. The third-order valence-electron chi connectivity index (χ3n) is 4.85. The highest BCUT2D eigenvalue weighted by atomic mass is 35.5. The van der Waals surface area contributed by atoms with Gasteiger partial charge in [-0.25, -0.2) is 4.39 Å². The van der Waals surface area contributed by atoms with Crippen molar-refractivity contribution in [3.05, 3.63) is 70.3 Å². The van der Waals surface area contributed by atoms with Crippen molar-refractivity contribution in [2.75, 3.05) is 6.54 Å². The lowest BCUT2D eigenvalue weighted by atomic mass is 10.1. The third-order valence-corrected chi connectivity index (χ3v) is 5.26. The standard InChI is InChI=1S/C20H17ClFN3O2/c1-12-13(7-4-8-15(12)21)18-23-19(27-24-18)17-10-5-11-25(17)20(26)14-6-2-3-9-16(14)22/h2-4,6-9,17H,5,10-11H2,1H3/t17-/m0/s1. The van der Waals surface area contributed by atoms with Gasteiger partial charge in [-0.15, -0.1) is 0 Å². The molecule has 0 radical (unpaired) electrons. The number of nitrogens with zero attached hydrogens (tertiary/aromatic N) is 3. The molecule has 0 bridgehead atoms. The second-order valence-corrected chi connectivity index (χ2v) is 6.91. The Kier molecular flexibility index (Phi) is 4.66. The minimum Gasteiger partial charge on any atom is -0.337 e. The monoisotopic (exact) mass is 385 g/mol. The van der Waals surface area contributed by atoms with Gasteiger partial charge in [0.25, 0.3) is 5.91 Å². The largest absolute Gasteiger partial charge is 0.337 e. The number of hydrogen-bond acceptors (Lipinski definition) is 4. The Morgan fingerprint density at radius 3 is 2.89 bits per heavy atom. The topological polar surface area (TPSA) is 59.2 Å². The molecule has 2 aromatic carbocycles. The van der Waals surface area contributed by atoms with E-state index in [0.717, 1.165) is 17.5 Å². The quantitative estimate of drug-likeness (QED) is 0.648. The molecule has 1 aromatic heterocycles. The summed E-state index contributed by atoms with van der Waals surface area (Å²) in [6.07, 6.45) is 1.48. The molecule has 4 rings (SSSR count). The van der Waals surface area contributed by atoms with Crippen LogP contribution in [-0.4, -0.2) is 27.5 Å². The van der Waals surface area contributed by atoms with E-state index in [4.69, 9.17) is 16.1 Å². The number of rotatable bonds is 3. The molecule has 138 valence electrons. The van der Waals surface area contributed by atoms with E-state index in [2.05, 4.69) is 10.1 Å². The van der Waals surface area contributed by atoms with E-state index in [-0.39, 0.29) is 17.5 Å². The van der Waals surface area contributed by atoms with Crippen molar-refractivity contribution in [3.8, 4) is 11.4 Å². The second kappa shape index (κ2) is 7.12. The van der Waals surface area contributed by atoms with Crippen LogP contribution in [0.3, 0.4) is 0 Å². The summed E-state index contributed by atoms with van der Waals surface area (Å²) in [6, 6.07) is 11.1. The third kappa shape index (κ3) is 3.21. The summed E-state index contributed by atoms with van der Waals surface area (Å²) in [5, 5.41) is 4.68. The fourth-order valence-corrected chi connectivity index (χ4v) is 3.56. The van der Waals surface area contributed by atoms with Gasteiger partial charge in [0.05, 0.1) is 5.56 Å². The van der Waals surface area contributed by atoms with Crippen molar-refractivity contribution in [2.45, 2.75) is 25.8 Å². The molecule has 1 atom stereocenters. The highest BCUT2D eigenvalue weighted by Gasteiger charge is 2.35. The van der Waals surface area contributed by atoms with Crippen LogP contribution in [0.4, 0.5) is 4.39 Å². The van der Waals surface area contributed by atoms with E-state index in [1.807, 2.05) is 19.1 Å². The first kappa shape index (κ1) is 17.7. The maximum atomic E-state index is 14.0. The van der Waals surface area contributed by atoms with Crippen molar-refractivity contribution in [1.82, 2.24) is 15.0 Å². The number of likely N-dealkylation sites (tertiary alicyclic amines) is 1. The highest BCUT2D eigenvalue weighted by Crippen LogP contribution is 2.34. The maximum Gasteiger partial charge on any atom is 0.257 e. The molecule has 27 heavy (non-hydrogen) atoms. The van der Waals surface area contributed by atoms with Crippen LogP contribution in [0.15, 0.2) is 47.0 Å². The molecule has 0 N–H and O–H groups in total. The lowest BCUT2D eigenvalue weighted by Gasteiger charge is -2.22. The summed E-state index contributed by atoms with van der Waals surface area (Å²) in [5.41, 5.74) is 1.69. The van der Waals surface area contributed by atoms with Gasteiger partial charge in [-0.3, -0.25) is 4.79 Å². The summed E-state index contributed by atoms with van der Waals surface area (Å²) in [7, 11) is 0. The van der Waals surface area contributed by atoms with Crippen LogP contribution in [0.5, 0.6) is 0 Å². The molecule has 0 spiro atoms. The van der Waals surface area contributed by atoms with E-state index in [1.165, 1.54) is 12.1 Å². The molecule has 1 fully saturated rings. The fourth-order valence-electron chi connectivity index (χ4n) is 3.39. The Morgan fingerprint density at radius 1 is 1.26 bits per heavy atom. The van der Waals surface area contributed by atoms with Gasteiger partial charge in [0.15, 0.2) is 0 Å². The molecular formula is C20H17ClFN3O2. The van der Waals surface area contributed by atoms with Crippen LogP contribution >= 0.6 is 11.6 Å². The predicted molar refractivity (Wildman–Crippen MR) is 98.9 cm³/mol. The summed E-state index contributed by atoms with van der Waals surface area (Å²) in [4.78, 5) is 18.9.